The molecule has 0 spiro atoms. The van der Waals surface area contributed by atoms with Crippen molar-refractivity contribution in [2.75, 3.05) is 5.32 Å². The number of aromatic nitrogens is 1. The molecule has 78 valence electrons. The zero-order valence-corrected chi connectivity index (χ0v) is 9.22. The smallest absolute Gasteiger partial charge is 0.128 e. The van der Waals surface area contributed by atoms with E-state index < -0.39 is 0 Å². The van der Waals surface area contributed by atoms with Crippen LogP contribution in [0.4, 0.5) is 5.69 Å². The largest absolute Gasteiger partial charge is 0.380 e. The molecule has 0 bridgehead atoms. The lowest BCUT2D eigenvalue weighted by atomic mass is 10.3. The van der Waals surface area contributed by atoms with E-state index in [0.29, 0.717) is 16.6 Å². The Hall–Kier alpha value is -1.19. The topological polar surface area (TPSA) is 38.1 Å². The van der Waals surface area contributed by atoms with E-state index >= 15 is 0 Å². The Bertz CT molecular complexity index is 443. The molecule has 2 aromatic rings. The predicted octanol–water partition coefficient (Wildman–Crippen LogP) is 3.59. The fourth-order valence-electron chi connectivity index (χ4n) is 1.14. The van der Waals surface area contributed by atoms with Crippen molar-refractivity contribution in [1.82, 2.24) is 5.16 Å². The van der Waals surface area contributed by atoms with Crippen molar-refractivity contribution in [1.29, 1.82) is 0 Å². The summed E-state index contributed by atoms with van der Waals surface area (Å²) in [6.45, 7) is 0.616. The molecule has 0 atom stereocenters. The molecule has 0 amide bonds. The Balaban J connectivity index is 2.05. The Morgan fingerprint density at radius 3 is 2.87 bits per heavy atom. The molecular weight excluding hydrogens is 235 g/mol. The Morgan fingerprint density at radius 1 is 1.33 bits per heavy atom. The molecule has 0 radical (unpaired) electrons. The lowest BCUT2D eigenvalue weighted by molar-refractivity contribution is 0.419. The SMILES string of the molecule is Clc1ccc(NCc2cnoc2)c(Cl)c1. The summed E-state index contributed by atoms with van der Waals surface area (Å²) in [4.78, 5) is 0. The van der Waals surface area contributed by atoms with Crippen LogP contribution in [0.3, 0.4) is 0 Å². The van der Waals surface area contributed by atoms with Crippen molar-refractivity contribution in [3.8, 4) is 0 Å². The zero-order valence-electron chi connectivity index (χ0n) is 7.71. The van der Waals surface area contributed by atoms with E-state index in [1.54, 1.807) is 24.6 Å². The Labute approximate surface area is 97.0 Å². The Kier molecular flexibility index (Phi) is 3.14. The first-order valence-electron chi connectivity index (χ1n) is 4.33. The summed E-state index contributed by atoms with van der Waals surface area (Å²) in [5.41, 5.74) is 1.79. The summed E-state index contributed by atoms with van der Waals surface area (Å²) < 4.78 is 4.71. The Morgan fingerprint density at radius 2 is 2.20 bits per heavy atom. The van der Waals surface area contributed by atoms with Crippen molar-refractivity contribution in [3.05, 3.63) is 46.3 Å². The van der Waals surface area contributed by atoms with Gasteiger partial charge < -0.3 is 9.84 Å². The first-order valence-corrected chi connectivity index (χ1v) is 5.08. The van der Waals surface area contributed by atoms with Gasteiger partial charge in [-0.15, -0.1) is 0 Å². The molecule has 1 aromatic carbocycles. The van der Waals surface area contributed by atoms with Crippen molar-refractivity contribution in [2.45, 2.75) is 6.54 Å². The molecular formula is C10H8Cl2N2O. The van der Waals surface area contributed by atoms with Crippen molar-refractivity contribution in [3.63, 3.8) is 0 Å². The van der Waals surface area contributed by atoms with Gasteiger partial charge in [0.25, 0.3) is 0 Å². The highest BCUT2D eigenvalue weighted by Gasteiger charge is 2.01. The summed E-state index contributed by atoms with van der Waals surface area (Å²) >= 11 is 11.8. The number of nitrogens with one attached hydrogen (secondary N) is 1. The van der Waals surface area contributed by atoms with Crippen LogP contribution in [0.1, 0.15) is 5.56 Å². The standard InChI is InChI=1S/C10H8Cl2N2O/c11-8-1-2-10(9(12)3-8)13-4-7-5-14-15-6-7/h1-3,5-6,13H,4H2. The lowest BCUT2D eigenvalue weighted by Gasteiger charge is -2.06. The van der Waals surface area contributed by atoms with Gasteiger partial charge in [0.2, 0.25) is 0 Å². The number of hydrogen-bond acceptors (Lipinski definition) is 3. The summed E-state index contributed by atoms with van der Waals surface area (Å²) in [6, 6.07) is 5.31. The van der Waals surface area contributed by atoms with E-state index in [1.165, 1.54) is 0 Å². The van der Waals surface area contributed by atoms with E-state index in [1.807, 2.05) is 6.07 Å². The van der Waals surface area contributed by atoms with Crippen LogP contribution in [-0.4, -0.2) is 5.16 Å². The van der Waals surface area contributed by atoms with Crippen LogP contribution >= 0.6 is 23.2 Å². The monoisotopic (exact) mass is 242 g/mol. The predicted molar refractivity (Wildman–Crippen MR) is 60.3 cm³/mol. The van der Waals surface area contributed by atoms with E-state index in [0.717, 1.165) is 11.3 Å². The lowest BCUT2D eigenvalue weighted by Crippen LogP contribution is -1.98. The van der Waals surface area contributed by atoms with Gasteiger partial charge >= 0.3 is 0 Å². The van der Waals surface area contributed by atoms with Gasteiger partial charge in [0, 0.05) is 17.1 Å². The number of anilines is 1. The average molecular weight is 243 g/mol. The van der Waals surface area contributed by atoms with Crippen LogP contribution in [0, 0.1) is 0 Å². The number of nitrogens with zero attached hydrogens (tertiary/aromatic N) is 1. The third-order valence-electron chi connectivity index (χ3n) is 1.90. The summed E-state index contributed by atoms with van der Waals surface area (Å²) in [5, 5.41) is 7.97. The van der Waals surface area contributed by atoms with E-state index in [4.69, 9.17) is 27.7 Å². The fraction of sp³-hybridized carbons (Fsp3) is 0.100. The number of hydrogen-bond donors (Lipinski definition) is 1. The van der Waals surface area contributed by atoms with Gasteiger partial charge in [0.05, 0.1) is 16.9 Å². The highest BCUT2D eigenvalue weighted by atomic mass is 35.5. The molecule has 2 rings (SSSR count). The molecule has 0 saturated carbocycles. The van der Waals surface area contributed by atoms with E-state index in [2.05, 4.69) is 10.5 Å². The van der Waals surface area contributed by atoms with Crippen LogP contribution in [0.5, 0.6) is 0 Å². The van der Waals surface area contributed by atoms with Crippen molar-refractivity contribution in [2.24, 2.45) is 0 Å². The molecule has 1 N–H and O–H groups in total. The molecule has 1 aromatic heterocycles. The minimum absolute atomic E-state index is 0.596. The number of rotatable bonds is 3. The van der Waals surface area contributed by atoms with Gasteiger partial charge in [-0.25, -0.2) is 0 Å². The first kappa shape index (κ1) is 10.3. The number of benzene rings is 1. The molecule has 0 aliphatic carbocycles. The first-order chi connectivity index (χ1) is 7.25. The molecule has 0 aliphatic heterocycles. The number of halogens is 2. The molecule has 5 heteroatoms. The summed E-state index contributed by atoms with van der Waals surface area (Å²) in [5.74, 6) is 0. The summed E-state index contributed by atoms with van der Waals surface area (Å²) in [7, 11) is 0. The quantitative estimate of drug-likeness (QED) is 0.894. The maximum absolute atomic E-state index is 5.98. The van der Waals surface area contributed by atoms with Gasteiger partial charge in [-0.1, -0.05) is 28.4 Å². The second-order valence-corrected chi connectivity index (χ2v) is 3.85. The molecule has 0 unspecified atom stereocenters. The molecule has 0 saturated heterocycles. The van der Waals surface area contributed by atoms with Gasteiger partial charge in [0.1, 0.15) is 6.26 Å². The van der Waals surface area contributed by atoms with E-state index in [-0.39, 0.29) is 0 Å². The maximum atomic E-state index is 5.98. The third kappa shape index (κ3) is 2.64. The van der Waals surface area contributed by atoms with Crippen LogP contribution in [0.15, 0.2) is 35.2 Å². The summed E-state index contributed by atoms with van der Waals surface area (Å²) in [6.07, 6.45) is 3.23. The molecule has 1 heterocycles. The van der Waals surface area contributed by atoms with E-state index in [9.17, 15) is 0 Å². The van der Waals surface area contributed by atoms with Crippen molar-refractivity contribution < 1.29 is 4.52 Å². The van der Waals surface area contributed by atoms with Crippen LogP contribution < -0.4 is 5.32 Å². The highest BCUT2D eigenvalue weighted by Crippen LogP contribution is 2.25. The highest BCUT2D eigenvalue weighted by molar-refractivity contribution is 6.36. The van der Waals surface area contributed by atoms with Crippen LogP contribution in [0.2, 0.25) is 10.0 Å². The third-order valence-corrected chi connectivity index (χ3v) is 2.45. The van der Waals surface area contributed by atoms with Crippen molar-refractivity contribution >= 4 is 28.9 Å². The van der Waals surface area contributed by atoms with Gasteiger partial charge in [-0.2, -0.15) is 0 Å². The second kappa shape index (κ2) is 4.55. The molecule has 15 heavy (non-hydrogen) atoms. The van der Waals surface area contributed by atoms with Crippen LogP contribution in [-0.2, 0) is 6.54 Å². The molecule has 0 aliphatic rings. The van der Waals surface area contributed by atoms with Gasteiger partial charge in [-0.3, -0.25) is 0 Å². The molecule has 0 fully saturated rings. The average Bonchev–Trinajstić information content (AvgIpc) is 2.69. The fourth-order valence-corrected chi connectivity index (χ4v) is 1.62. The normalized spacial score (nSPS) is 10.3. The maximum Gasteiger partial charge on any atom is 0.128 e. The van der Waals surface area contributed by atoms with Gasteiger partial charge in [-0.05, 0) is 18.2 Å². The zero-order chi connectivity index (χ0) is 10.7. The molecule has 3 nitrogen and oxygen atoms in total. The van der Waals surface area contributed by atoms with Gasteiger partial charge in [0.15, 0.2) is 0 Å². The van der Waals surface area contributed by atoms with Crippen LogP contribution in [0.25, 0.3) is 0 Å². The minimum Gasteiger partial charge on any atom is -0.380 e. The minimum atomic E-state index is 0.596. The second-order valence-electron chi connectivity index (χ2n) is 3.01.